The van der Waals surface area contributed by atoms with Crippen molar-refractivity contribution >= 4 is 5.91 Å². The van der Waals surface area contributed by atoms with Gasteiger partial charge >= 0.3 is 0 Å². The zero-order chi connectivity index (χ0) is 20.0. The molecule has 1 amide bonds. The van der Waals surface area contributed by atoms with Crippen LogP contribution in [0.2, 0.25) is 0 Å². The average Bonchev–Trinajstić information content (AvgIpc) is 3.44. The summed E-state index contributed by atoms with van der Waals surface area (Å²) < 4.78 is 2.12. The van der Waals surface area contributed by atoms with E-state index in [9.17, 15) is 4.79 Å². The summed E-state index contributed by atoms with van der Waals surface area (Å²) >= 11 is 0. The molecule has 1 spiro atoms. The van der Waals surface area contributed by atoms with Crippen molar-refractivity contribution in [3.8, 4) is 0 Å². The first-order valence-electron chi connectivity index (χ1n) is 10.7. The topological polar surface area (TPSA) is 84.1 Å². The molecular weight excluding hydrogens is 368 g/mol. The molecule has 0 saturated carbocycles. The van der Waals surface area contributed by atoms with E-state index in [2.05, 4.69) is 41.9 Å². The van der Waals surface area contributed by atoms with Crippen LogP contribution in [0.15, 0.2) is 12.4 Å². The van der Waals surface area contributed by atoms with Crippen LogP contribution < -0.4 is 5.32 Å². The minimum Gasteiger partial charge on any atom is -0.346 e. The molecule has 0 aliphatic carbocycles. The Bertz CT molecular complexity index is 883. The summed E-state index contributed by atoms with van der Waals surface area (Å²) in [4.78, 5) is 24.1. The zero-order valence-corrected chi connectivity index (χ0v) is 17.3. The van der Waals surface area contributed by atoms with Gasteiger partial charge in [-0.05, 0) is 39.3 Å². The van der Waals surface area contributed by atoms with Crippen molar-refractivity contribution in [1.29, 1.82) is 0 Å². The standard InChI is InChI=1S/C20H30N8O/c1-25-10-6-17(23-19(29)16-13-28-9-3-5-18(28)22-16)20(25)7-4-8-27(14-20)12-15-11-21-26(2)24-15/h11,13,17H,3-10,12,14H2,1-2H3,(H,23,29). The fourth-order valence-corrected chi connectivity index (χ4v) is 5.46. The molecule has 0 radical (unpaired) electrons. The van der Waals surface area contributed by atoms with Gasteiger partial charge in [-0.1, -0.05) is 0 Å². The van der Waals surface area contributed by atoms with Crippen LogP contribution in [0.1, 0.15) is 47.7 Å². The summed E-state index contributed by atoms with van der Waals surface area (Å²) in [5.41, 5.74) is 1.54. The van der Waals surface area contributed by atoms with Crippen LogP contribution in [0.25, 0.3) is 0 Å². The summed E-state index contributed by atoms with van der Waals surface area (Å²) in [6.07, 6.45) is 9.07. The van der Waals surface area contributed by atoms with Gasteiger partial charge in [0.1, 0.15) is 11.5 Å². The van der Waals surface area contributed by atoms with Gasteiger partial charge in [0.2, 0.25) is 0 Å². The maximum absolute atomic E-state index is 13.0. The molecule has 3 aliphatic heterocycles. The highest BCUT2D eigenvalue weighted by molar-refractivity contribution is 5.92. The van der Waals surface area contributed by atoms with Crippen molar-refractivity contribution in [3.05, 3.63) is 29.6 Å². The number of likely N-dealkylation sites (tertiary alicyclic amines) is 2. The van der Waals surface area contributed by atoms with Crippen LogP contribution in [-0.2, 0) is 26.6 Å². The summed E-state index contributed by atoms with van der Waals surface area (Å²) in [6.45, 7) is 4.77. The lowest BCUT2D eigenvalue weighted by atomic mass is 9.82. The number of nitrogens with one attached hydrogen (secondary N) is 1. The van der Waals surface area contributed by atoms with Crippen molar-refractivity contribution < 1.29 is 4.79 Å². The Kier molecular flexibility index (Phi) is 4.66. The van der Waals surface area contributed by atoms with Crippen LogP contribution in [-0.4, -0.2) is 78.5 Å². The fourth-order valence-electron chi connectivity index (χ4n) is 5.46. The lowest BCUT2D eigenvalue weighted by Crippen LogP contribution is -2.63. The Labute approximate surface area is 171 Å². The molecule has 2 atom stereocenters. The van der Waals surface area contributed by atoms with Crippen LogP contribution in [0.4, 0.5) is 0 Å². The molecule has 1 N–H and O–H groups in total. The van der Waals surface area contributed by atoms with Gasteiger partial charge in [0.05, 0.1) is 23.5 Å². The first-order chi connectivity index (χ1) is 14.0. The third-order valence-electron chi connectivity index (χ3n) is 6.97. The van der Waals surface area contributed by atoms with Gasteiger partial charge in [0, 0.05) is 45.8 Å². The second-order valence-corrected chi connectivity index (χ2v) is 8.82. The van der Waals surface area contributed by atoms with E-state index in [1.165, 1.54) is 0 Å². The fraction of sp³-hybridized carbons (Fsp3) is 0.700. The van der Waals surface area contributed by atoms with Gasteiger partial charge in [-0.3, -0.25) is 14.6 Å². The van der Waals surface area contributed by atoms with E-state index in [-0.39, 0.29) is 17.5 Å². The number of amides is 1. The molecule has 2 fully saturated rings. The largest absolute Gasteiger partial charge is 0.346 e. The van der Waals surface area contributed by atoms with Gasteiger partial charge < -0.3 is 9.88 Å². The van der Waals surface area contributed by atoms with Crippen molar-refractivity contribution in [3.63, 3.8) is 0 Å². The molecule has 5 rings (SSSR count). The molecule has 9 heteroatoms. The lowest BCUT2D eigenvalue weighted by molar-refractivity contribution is 0.0347. The van der Waals surface area contributed by atoms with Crippen molar-refractivity contribution in [2.45, 2.75) is 56.8 Å². The number of rotatable bonds is 4. The molecule has 2 aromatic heterocycles. The first-order valence-corrected chi connectivity index (χ1v) is 10.7. The van der Waals surface area contributed by atoms with Crippen molar-refractivity contribution in [2.75, 3.05) is 26.7 Å². The van der Waals surface area contributed by atoms with Crippen LogP contribution in [0.5, 0.6) is 0 Å². The minimum absolute atomic E-state index is 0.0292. The van der Waals surface area contributed by atoms with Gasteiger partial charge in [0.15, 0.2) is 0 Å². The minimum atomic E-state index is -0.0300. The molecule has 0 aromatic carbocycles. The monoisotopic (exact) mass is 398 g/mol. The number of fused-ring (bicyclic) bond motifs is 1. The number of aryl methyl sites for hydroxylation is 3. The second-order valence-electron chi connectivity index (χ2n) is 8.82. The Hall–Kier alpha value is -2.26. The number of aromatic nitrogens is 5. The smallest absolute Gasteiger partial charge is 0.271 e. The highest BCUT2D eigenvalue weighted by Gasteiger charge is 2.50. The van der Waals surface area contributed by atoms with E-state index in [0.717, 1.165) is 76.3 Å². The molecule has 156 valence electrons. The third kappa shape index (κ3) is 3.36. The highest BCUT2D eigenvalue weighted by atomic mass is 16.2. The lowest BCUT2D eigenvalue weighted by Gasteiger charge is -2.47. The third-order valence-corrected chi connectivity index (χ3v) is 6.97. The molecule has 0 bridgehead atoms. The number of imidazole rings is 1. The Morgan fingerprint density at radius 2 is 2.17 bits per heavy atom. The molecule has 29 heavy (non-hydrogen) atoms. The Morgan fingerprint density at radius 3 is 2.97 bits per heavy atom. The molecular formula is C20H30N8O. The van der Waals surface area contributed by atoms with Gasteiger partial charge in [-0.25, -0.2) is 4.98 Å². The normalized spacial score (nSPS) is 27.6. The number of likely N-dealkylation sites (N-methyl/N-ethyl adjacent to an activating group) is 1. The van der Waals surface area contributed by atoms with E-state index in [1.54, 1.807) is 4.80 Å². The predicted molar refractivity (Wildman–Crippen MR) is 107 cm³/mol. The van der Waals surface area contributed by atoms with Crippen LogP contribution in [0, 0.1) is 0 Å². The zero-order valence-electron chi connectivity index (χ0n) is 17.3. The molecule has 2 saturated heterocycles. The molecule has 5 heterocycles. The summed E-state index contributed by atoms with van der Waals surface area (Å²) in [6, 6.07) is 0.140. The number of nitrogens with zero attached hydrogens (tertiary/aromatic N) is 7. The first kappa shape index (κ1) is 18.7. The molecule has 2 unspecified atom stereocenters. The van der Waals surface area contributed by atoms with Crippen molar-refractivity contribution in [1.82, 2.24) is 39.7 Å². The number of hydrogen-bond donors (Lipinski definition) is 1. The van der Waals surface area contributed by atoms with Gasteiger partial charge in [-0.2, -0.15) is 15.0 Å². The van der Waals surface area contributed by atoms with Crippen LogP contribution in [0.3, 0.4) is 0 Å². The molecule has 3 aliphatic rings. The SMILES string of the molecule is CN1CCC(NC(=O)c2cn3c(n2)CCC3)C12CCCN(Cc1cnn(C)n1)C2. The summed E-state index contributed by atoms with van der Waals surface area (Å²) in [5, 5.41) is 12.0. The second kappa shape index (κ2) is 7.21. The number of carbonyl (C=O) groups excluding carboxylic acids is 1. The highest BCUT2D eigenvalue weighted by Crippen LogP contribution is 2.37. The molecule has 2 aromatic rings. The number of piperidine rings is 1. The Morgan fingerprint density at radius 1 is 1.28 bits per heavy atom. The van der Waals surface area contributed by atoms with Crippen molar-refractivity contribution in [2.24, 2.45) is 7.05 Å². The van der Waals surface area contributed by atoms with Gasteiger partial charge in [0.25, 0.3) is 5.91 Å². The van der Waals surface area contributed by atoms with E-state index in [1.807, 2.05) is 19.4 Å². The van der Waals surface area contributed by atoms with Gasteiger partial charge in [-0.15, -0.1) is 0 Å². The van der Waals surface area contributed by atoms with E-state index >= 15 is 0 Å². The average molecular weight is 399 g/mol. The number of carbonyl (C=O) groups is 1. The number of hydrogen-bond acceptors (Lipinski definition) is 6. The predicted octanol–water partition coefficient (Wildman–Crippen LogP) is 0.427. The molecule has 9 nitrogen and oxygen atoms in total. The summed E-state index contributed by atoms with van der Waals surface area (Å²) in [7, 11) is 4.05. The van der Waals surface area contributed by atoms with E-state index in [0.29, 0.717) is 5.69 Å². The van der Waals surface area contributed by atoms with E-state index < -0.39 is 0 Å². The maximum atomic E-state index is 13.0. The quantitative estimate of drug-likeness (QED) is 0.804. The van der Waals surface area contributed by atoms with E-state index in [4.69, 9.17) is 0 Å². The Balaban J connectivity index is 1.30. The maximum Gasteiger partial charge on any atom is 0.271 e. The summed E-state index contributed by atoms with van der Waals surface area (Å²) in [5.74, 6) is 1.01. The van der Waals surface area contributed by atoms with Crippen LogP contribution >= 0.6 is 0 Å².